The van der Waals surface area contributed by atoms with Gasteiger partial charge in [-0.2, -0.15) is 0 Å². The van der Waals surface area contributed by atoms with Crippen molar-refractivity contribution >= 4 is 9.84 Å². The largest absolute Gasteiger partial charge is 0.290 e. The third-order valence-electron chi connectivity index (χ3n) is 1.55. The molecule has 0 atom stereocenters. The first-order valence-electron chi connectivity index (χ1n) is 3.89. The molecular formula is C9H7F3O2S. The minimum absolute atomic E-state index is 0.0625. The molecule has 0 aliphatic carbocycles. The van der Waals surface area contributed by atoms with Crippen molar-refractivity contribution in [1.82, 2.24) is 0 Å². The van der Waals surface area contributed by atoms with E-state index in [0.717, 1.165) is 0 Å². The number of hydrogen-bond donors (Lipinski definition) is 0. The molecule has 0 spiro atoms. The number of rotatable bonds is 3. The van der Waals surface area contributed by atoms with Gasteiger partial charge in [0.15, 0.2) is 5.83 Å². The van der Waals surface area contributed by atoms with E-state index < -0.39 is 22.1 Å². The third kappa shape index (κ3) is 3.09. The highest BCUT2D eigenvalue weighted by Gasteiger charge is 2.17. The average Bonchev–Trinajstić information content (AvgIpc) is 2.18. The molecule has 0 aromatic heterocycles. The number of allylic oxidation sites excluding steroid dienone is 1. The Labute approximate surface area is 85.0 Å². The van der Waals surface area contributed by atoms with Crippen LogP contribution in [0, 0.1) is 0 Å². The van der Waals surface area contributed by atoms with Gasteiger partial charge in [0.2, 0.25) is 9.84 Å². The van der Waals surface area contributed by atoms with Crippen LogP contribution >= 0.6 is 0 Å². The molecule has 0 aliphatic rings. The Kier molecular flexibility index (Phi) is 3.52. The highest BCUT2D eigenvalue weighted by molar-refractivity contribution is 7.94. The maximum Gasteiger partial charge on any atom is 0.290 e. The second-order valence-corrected chi connectivity index (χ2v) is 4.46. The summed E-state index contributed by atoms with van der Waals surface area (Å²) in [6.45, 7) is 0. The summed E-state index contributed by atoms with van der Waals surface area (Å²) in [5, 5.41) is -0.0625. The zero-order valence-electron chi connectivity index (χ0n) is 7.40. The van der Waals surface area contributed by atoms with Crippen LogP contribution in [-0.4, -0.2) is 14.8 Å². The van der Waals surface area contributed by atoms with E-state index in [-0.39, 0.29) is 10.3 Å². The molecule has 0 radical (unpaired) electrons. The maximum absolute atomic E-state index is 12.4. The van der Waals surface area contributed by atoms with Crippen molar-refractivity contribution in [3.63, 3.8) is 0 Å². The van der Waals surface area contributed by atoms with Gasteiger partial charge in [0.25, 0.3) is 6.43 Å². The molecule has 0 heterocycles. The molecule has 0 saturated heterocycles. The number of benzene rings is 1. The number of hydrogen-bond acceptors (Lipinski definition) is 2. The lowest BCUT2D eigenvalue weighted by molar-refractivity contribution is 0.159. The first-order chi connectivity index (χ1) is 6.93. The molecule has 15 heavy (non-hydrogen) atoms. The van der Waals surface area contributed by atoms with Gasteiger partial charge in [-0.25, -0.2) is 21.6 Å². The first-order valence-corrected chi connectivity index (χ1v) is 5.43. The Hall–Kier alpha value is -1.30. The fourth-order valence-electron chi connectivity index (χ4n) is 0.878. The predicted octanol–water partition coefficient (Wildman–Crippen LogP) is 2.54. The van der Waals surface area contributed by atoms with E-state index in [1.165, 1.54) is 24.3 Å². The van der Waals surface area contributed by atoms with E-state index in [1.54, 1.807) is 6.07 Å². The van der Waals surface area contributed by atoms with Crippen molar-refractivity contribution in [1.29, 1.82) is 0 Å². The fraction of sp³-hybridized carbons (Fsp3) is 0.111. The molecule has 0 aliphatic heterocycles. The Bertz CT molecular complexity index is 452. The van der Waals surface area contributed by atoms with Crippen LogP contribution in [0.1, 0.15) is 0 Å². The lowest BCUT2D eigenvalue weighted by Gasteiger charge is -1.99. The second kappa shape index (κ2) is 4.48. The summed E-state index contributed by atoms with van der Waals surface area (Å²) in [7, 11) is -4.12. The van der Waals surface area contributed by atoms with E-state index >= 15 is 0 Å². The molecule has 0 saturated carbocycles. The van der Waals surface area contributed by atoms with E-state index in [1.807, 2.05) is 0 Å². The number of alkyl halides is 2. The topological polar surface area (TPSA) is 34.1 Å². The van der Waals surface area contributed by atoms with Gasteiger partial charge in [0, 0.05) is 0 Å². The molecule has 1 aromatic rings. The van der Waals surface area contributed by atoms with Gasteiger partial charge in [-0.3, -0.25) is 0 Å². The van der Waals surface area contributed by atoms with Crippen molar-refractivity contribution < 1.29 is 21.6 Å². The summed E-state index contributed by atoms with van der Waals surface area (Å²) in [5.74, 6) is -1.96. The standard InChI is InChI=1S/C9H7F3O2S/c10-8(9(11)12)6-15(13,14)7-4-2-1-3-5-7/h1-6,9H. The molecule has 82 valence electrons. The zero-order valence-corrected chi connectivity index (χ0v) is 8.22. The van der Waals surface area contributed by atoms with E-state index in [0.29, 0.717) is 0 Å². The van der Waals surface area contributed by atoms with Crippen molar-refractivity contribution in [2.45, 2.75) is 11.3 Å². The maximum atomic E-state index is 12.4. The van der Waals surface area contributed by atoms with E-state index in [9.17, 15) is 21.6 Å². The van der Waals surface area contributed by atoms with Crippen molar-refractivity contribution in [3.05, 3.63) is 41.6 Å². The number of halogens is 3. The van der Waals surface area contributed by atoms with Crippen LogP contribution in [-0.2, 0) is 9.84 Å². The second-order valence-electron chi connectivity index (χ2n) is 2.66. The molecule has 0 unspecified atom stereocenters. The normalized spacial score (nSPS) is 13.2. The molecule has 6 heteroatoms. The molecule has 0 N–H and O–H groups in total. The zero-order chi connectivity index (χ0) is 11.5. The average molecular weight is 236 g/mol. The molecular weight excluding hydrogens is 229 g/mol. The van der Waals surface area contributed by atoms with Gasteiger partial charge in [0.1, 0.15) is 0 Å². The predicted molar refractivity (Wildman–Crippen MR) is 48.8 cm³/mol. The Morgan fingerprint density at radius 3 is 2.20 bits per heavy atom. The van der Waals surface area contributed by atoms with Gasteiger partial charge < -0.3 is 0 Å². The van der Waals surface area contributed by atoms with Crippen LogP contribution in [0.2, 0.25) is 0 Å². The van der Waals surface area contributed by atoms with Gasteiger partial charge in [-0.1, -0.05) is 18.2 Å². The number of sulfone groups is 1. The van der Waals surface area contributed by atoms with Crippen LogP contribution in [0.4, 0.5) is 13.2 Å². The van der Waals surface area contributed by atoms with Gasteiger partial charge in [-0.05, 0) is 12.1 Å². The summed E-state index contributed by atoms with van der Waals surface area (Å²) in [6, 6.07) is 6.80. The van der Waals surface area contributed by atoms with Crippen LogP contribution in [0.5, 0.6) is 0 Å². The lowest BCUT2D eigenvalue weighted by atomic mass is 10.4. The van der Waals surface area contributed by atoms with Crippen LogP contribution in [0.15, 0.2) is 46.5 Å². The van der Waals surface area contributed by atoms with Crippen molar-refractivity contribution in [2.75, 3.05) is 0 Å². The molecule has 2 nitrogen and oxygen atoms in total. The Morgan fingerprint density at radius 1 is 1.20 bits per heavy atom. The minimum Gasteiger partial charge on any atom is -0.219 e. The summed E-state index contributed by atoms with van der Waals surface area (Å²) < 4.78 is 58.6. The first kappa shape index (κ1) is 11.8. The summed E-state index contributed by atoms with van der Waals surface area (Å²) in [5.41, 5.74) is 0. The van der Waals surface area contributed by atoms with Crippen LogP contribution < -0.4 is 0 Å². The van der Waals surface area contributed by atoms with Crippen LogP contribution in [0.3, 0.4) is 0 Å². The minimum atomic E-state index is -4.12. The highest BCUT2D eigenvalue weighted by atomic mass is 32.2. The smallest absolute Gasteiger partial charge is 0.219 e. The van der Waals surface area contributed by atoms with Gasteiger partial charge >= 0.3 is 0 Å². The molecule has 0 fully saturated rings. The SMILES string of the molecule is O=S(=O)(C=C(F)C(F)F)c1ccccc1. The summed E-state index contributed by atoms with van der Waals surface area (Å²) in [4.78, 5) is -0.221. The Balaban J connectivity index is 3.11. The molecule has 1 rings (SSSR count). The molecule has 1 aromatic carbocycles. The van der Waals surface area contributed by atoms with Crippen molar-refractivity contribution in [2.24, 2.45) is 0 Å². The molecule has 0 amide bonds. The third-order valence-corrected chi connectivity index (χ3v) is 3.01. The summed E-state index contributed by atoms with van der Waals surface area (Å²) in [6.07, 6.45) is -3.41. The van der Waals surface area contributed by atoms with E-state index in [4.69, 9.17) is 0 Å². The summed E-state index contributed by atoms with van der Waals surface area (Å²) >= 11 is 0. The van der Waals surface area contributed by atoms with Crippen LogP contribution in [0.25, 0.3) is 0 Å². The fourth-order valence-corrected chi connectivity index (χ4v) is 1.95. The van der Waals surface area contributed by atoms with Crippen molar-refractivity contribution in [3.8, 4) is 0 Å². The lowest BCUT2D eigenvalue weighted by Crippen LogP contribution is -2.00. The Morgan fingerprint density at radius 2 is 1.73 bits per heavy atom. The van der Waals surface area contributed by atoms with Gasteiger partial charge in [0.05, 0.1) is 10.3 Å². The van der Waals surface area contributed by atoms with E-state index in [2.05, 4.69) is 0 Å². The monoisotopic (exact) mass is 236 g/mol. The highest BCUT2D eigenvalue weighted by Crippen LogP contribution is 2.17. The quantitative estimate of drug-likeness (QED) is 0.808. The van der Waals surface area contributed by atoms with Gasteiger partial charge in [-0.15, -0.1) is 0 Å². The molecule has 0 bridgehead atoms.